The Bertz CT molecular complexity index is 310. The molecular formula is C9H13N3O2. The number of carbonyl (C=O) groups is 1. The Kier molecular flexibility index (Phi) is 2.49. The van der Waals surface area contributed by atoms with E-state index in [4.69, 9.17) is 4.74 Å². The normalized spacial score (nSPS) is 26.4. The number of methoxy groups -OCH3 is 1. The molecule has 5 heteroatoms. The van der Waals surface area contributed by atoms with Crippen LogP contribution in [0.4, 0.5) is 0 Å². The monoisotopic (exact) mass is 195 g/mol. The van der Waals surface area contributed by atoms with Crippen LogP contribution in [0.25, 0.3) is 0 Å². The lowest BCUT2D eigenvalue weighted by atomic mass is 9.95. The van der Waals surface area contributed by atoms with Gasteiger partial charge in [-0.1, -0.05) is 0 Å². The third-order valence-electron chi connectivity index (χ3n) is 2.59. The number of H-pyrrole nitrogens is 1. The topological polar surface area (TPSA) is 67.0 Å². The van der Waals surface area contributed by atoms with Gasteiger partial charge in [0.25, 0.3) is 0 Å². The minimum absolute atomic E-state index is 0.109. The summed E-state index contributed by atoms with van der Waals surface area (Å²) >= 11 is 0. The Morgan fingerprint density at radius 3 is 3.14 bits per heavy atom. The molecular weight excluding hydrogens is 182 g/mol. The molecule has 0 aromatic carbocycles. The number of carbonyl (C=O) groups excluding carboxylic acids is 1. The van der Waals surface area contributed by atoms with Crippen molar-refractivity contribution < 1.29 is 9.53 Å². The lowest BCUT2D eigenvalue weighted by Gasteiger charge is -2.13. The molecule has 2 rings (SSSR count). The third kappa shape index (κ3) is 1.50. The van der Waals surface area contributed by atoms with E-state index in [-0.39, 0.29) is 17.8 Å². The summed E-state index contributed by atoms with van der Waals surface area (Å²) in [6, 6.07) is 0. The molecule has 0 radical (unpaired) electrons. The van der Waals surface area contributed by atoms with Crippen LogP contribution in [-0.2, 0) is 9.53 Å². The van der Waals surface area contributed by atoms with Gasteiger partial charge in [0.15, 0.2) is 0 Å². The van der Waals surface area contributed by atoms with Crippen LogP contribution < -0.4 is 5.32 Å². The zero-order valence-corrected chi connectivity index (χ0v) is 7.99. The predicted octanol–water partition coefficient (Wildman–Crippen LogP) is -0.114. The summed E-state index contributed by atoms with van der Waals surface area (Å²) in [5.74, 6) is 0.672. The Labute approximate surface area is 81.9 Å². The molecule has 76 valence electrons. The smallest absolute Gasteiger partial charge is 0.310 e. The van der Waals surface area contributed by atoms with E-state index in [9.17, 15) is 4.79 Å². The molecule has 0 amide bonds. The van der Waals surface area contributed by atoms with Gasteiger partial charge in [-0.05, 0) is 0 Å². The first-order valence-corrected chi connectivity index (χ1v) is 4.60. The standard InChI is InChI=1S/C9H13N3O2/c1-14-9(13)7-5-10-4-6(7)8-11-2-3-12-8/h2-3,6-7,10H,4-5H2,1H3,(H,11,12). The van der Waals surface area contributed by atoms with Gasteiger partial charge in [0.1, 0.15) is 5.82 Å². The molecule has 1 fully saturated rings. The van der Waals surface area contributed by atoms with Gasteiger partial charge in [-0.3, -0.25) is 4.79 Å². The number of aromatic nitrogens is 2. The molecule has 1 aromatic heterocycles. The van der Waals surface area contributed by atoms with Gasteiger partial charge >= 0.3 is 5.97 Å². The molecule has 2 unspecified atom stereocenters. The average molecular weight is 195 g/mol. The molecule has 2 atom stereocenters. The number of hydrogen-bond donors (Lipinski definition) is 2. The lowest BCUT2D eigenvalue weighted by Crippen LogP contribution is -2.23. The molecule has 0 bridgehead atoms. The predicted molar refractivity (Wildman–Crippen MR) is 49.7 cm³/mol. The van der Waals surface area contributed by atoms with Gasteiger partial charge in [0.05, 0.1) is 13.0 Å². The second-order valence-corrected chi connectivity index (χ2v) is 3.37. The van der Waals surface area contributed by atoms with Crippen LogP contribution in [0.15, 0.2) is 12.4 Å². The van der Waals surface area contributed by atoms with Gasteiger partial charge in [0, 0.05) is 31.4 Å². The number of hydrogen-bond acceptors (Lipinski definition) is 4. The number of esters is 1. The summed E-state index contributed by atoms with van der Waals surface area (Å²) in [5, 5.41) is 3.17. The van der Waals surface area contributed by atoms with Crippen molar-refractivity contribution in [2.75, 3.05) is 20.2 Å². The first-order chi connectivity index (χ1) is 6.83. The van der Waals surface area contributed by atoms with E-state index in [0.29, 0.717) is 6.54 Å². The van der Waals surface area contributed by atoms with E-state index in [1.807, 2.05) is 0 Å². The van der Waals surface area contributed by atoms with Crippen molar-refractivity contribution in [1.29, 1.82) is 0 Å². The zero-order valence-electron chi connectivity index (χ0n) is 7.99. The summed E-state index contributed by atoms with van der Waals surface area (Å²) in [5.41, 5.74) is 0. The fourth-order valence-electron chi connectivity index (χ4n) is 1.85. The number of aromatic amines is 1. The SMILES string of the molecule is COC(=O)C1CNCC1c1ncc[nH]1. The number of nitrogens with one attached hydrogen (secondary N) is 2. The minimum atomic E-state index is -0.170. The molecule has 1 aromatic rings. The first kappa shape index (κ1) is 9.21. The molecule has 14 heavy (non-hydrogen) atoms. The number of ether oxygens (including phenoxy) is 1. The molecule has 0 saturated carbocycles. The Morgan fingerprint density at radius 2 is 2.50 bits per heavy atom. The van der Waals surface area contributed by atoms with Gasteiger partial charge in [0.2, 0.25) is 0 Å². The summed E-state index contributed by atoms with van der Waals surface area (Å²) < 4.78 is 4.74. The summed E-state index contributed by atoms with van der Waals surface area (Å²) in [6.45, 7) is 1.44. The van der Waals surface area contributed by atoms with Crippen molar-refractivity contribution >= 4 is 5.97 Å². The maximum atomic E-state index is 11.4. The highest BCUT2D eigenvalue weighted by atomic mass is 16.5. The molecule has 1 aliphatic rings. The number of nitrogens with zero attached hydrogens (tertiary/aromatic N) is 1. The molecule has 1 aliphatic heterocycles. The molecule has 2 N–H and O–H groups in total. The molecule has 0 aliphatic carbocycles. The second kappa shape index (κ2) is 3.79. The van der Waals surface area contributed by atoms with Crippen molar-refractivity contribution in [1.82, 2.24) is 15.3 Å². The quantitative estimate of drug-likeness (QED) is 0.646. The molecule has 2 heterocycles. The Hall–Kier alpha value is -1.36. The van der Waals surface area contributed by atoms with Crippen LogP contribution in [0, 0.1) is 5.92 Å². The van der Waals surface area contributed by atoms with Crippen molar-refractivity contribution in [3.63, 3.8) is 0 Å². The van der Waals surface area contributed by atoms with Crippen molar-refractivity contribution in [2.24, 2.45) is 5.92 Å². The van der Waals surface area contributed by atoms with Gasteiger partial charge < -0.3 is 15.0 Å². The van der Waals surface area contributed by atoms with Crippen LogP contribution in [0.5, 0.6) is 0 Å². The number of imidazole rings is 1. The summed E-state index contributed by atoms with van der Waals surface area (Å²) in [7, 11) is 1.42. The zero-order chi connectivity index (χ0) is 9.97. The largest absolute Gasteiger partial charge is 0.469 e. The van der Waals surface area contributed by atoms with E-state index in [1.165, 1.54) is 7.11 Å². The minimum Gasteiger partial charge on any atom is -0.469 e. The third-order valence-corrected chi connectivity index (χ3v) is 2.59. The Morgan fingerprint density at radius 1 is 1.64 bits per heavy atom. The average Bonchev–Trinajstić information content (AvgIpc) is 2.85. The highest BCUT2D eigenvalue weighted by molar-refractivity contribution is 5.74. The van der Waals surface area contributed by atoms with E-state index in [0.717, 1.165) is 12.4 Å². The van der Waals surface area contributed by atoms with Crippen LogP contribution in [-0.4, -0.2) is 36.1 Å². The summed E-state index contributed by atoms with van der Waals surface area (Å²) in [6.07, 6.45) is 3.46. The van der Waals surface area contributed by atoms with Crippen molar-refractivity contribution in [3.05, 3.63) is 18.2 Å². The maximum absolute atomic E-state index is 11.4. The van der Waals surface area contributed by atoms with Gasteiger partial charge in [-0.25, -0.2) is 4.98 Å². The van der Waals surface area contributed by atoms with E-state index in [2.05, 4.69) is 15.3 Å². The highest BCUT2D eigenvalue weighted by Crippen LogP contribution is 2.26. The van der Waals surface area contributed by atoms with Crippen LogP contribution in [0.3, 0.4) is 0 Å². The maximum Gasteiger partial charge on any atom is 0.310 e. The number of rotatable bonds is 2. The van der Waals surface area contributed by atoms with Crippen molar-refractivity contribution in [3.8, 4) is 0 Å². The van der Waals surface area contributed by atoms with Crippen LogP contribution >= 0.6 is 0 Å². The molecule has 0 spiro atoms. The molecule has 1 saturated heterocycles. The van der Waals surface area contributed by atoms with Crippen LogP contribution in [0.2, 0.25) is 0 Å². The second-order valence-electron chi connectivity index (χ2n) is 3.37. The van der Waals surface area contributed by atoms with Crippen LogP contribution in [0.1, 0.15) is 11.7 Å². The molecule has 5 nitrogen and oxygen atoms in total. The van der Waals surface area contributed by atoms with E-state index in [1.54, 1.807) is 12.4 Å². The first-order valence-electron chi connectivity index (χ1n) is 4.60. The van der Waals surface area contributed by atoms with Gasteiger partial charge in [-0.2, -0.15) is 0 Å². The van der Waals surface area contributed by atoms with Crippen molar-refractivity contribution in [2.45, 2.75) is 5.92 Å². The van der Waals surface area contributed by atoms with Gasteiger partial charge in [-0.15, -0.1) is 0 Å². The van der Waals surface area contributed by atoms with E-state index >= 15 is 0 Å². The van der Waals surface area contributed by atoms with E-state index < -0.39 is 0 Å². The summed E-state index contributed by atoms with van der Waals surface area (Å²) in [4.78, 5) is 18.6. The fourth-order valence-corrected chi connectivity index (χ4v) is 1.85. The highest BCUT2D eigenvalue weighted by Gasteiger charge is 2.36. The Balaban J connectivity index is 2.15. The lowest BCUT2D eigenvalue weighted by molar-refractivity contribution is -0.145. The fraction of sp³-hybridized carbons (Fsp3) is 0.556.